The molecule has 0 aliphatic heterocycles. The van der Waals surface area contributed by atoms with Crippen molar-refractivity contribution >= 4 is 17.1 Å². The first-order chi connectivity index (χ1) is 9.97. The number of fused-ring (bicyclic) bond motifs is 1. The molecular weight excluding hydrogens is 274 g/mol. The highest BCUT2D eigenvalue weighted by Gasteiger charge is 2.26. The van der Waals surface area contributed by atoms with E-state index in [0.717, 1.165) is 0 Å². The van der Waals surface area contributed by atoms with Gasteiger partial charge in [0.25, 0.3) is 0 Å². The van der Waals surface area contributed by atoms with Crippen LogP contribution in [-0.4, -0.2) is 21.7 Å². The van der Waals surface area contributed by atoms with Gasteiger partial charge >= 0.3 is 11.7 Å². The Kier molecular flexibility index (Phi) is 4.47. The molecule has 114 valence electrons. The average molecular weight is 293 g/mol. The van der Waals surface area contributed by atoms with E-state index in [0.29, 0.717) is 23.1 Å². The van der Waals surface area contributed by atoms with Gasteiger partial charge in [-0.3, -0.25) is 4.57 Å². The van der Waals surface area contributed by atoms with E-state index in [-0.39, 0.29) is 12.7 Å². The summed E-state index contributed by atoms with van der Waals surface area (Å²) in [5.74, 6) is -1.07. The molecule has 0 fully saturated rings. The monoisotopic (exact) mass is 293 g/mol. The molecule has 0 aliphatic rings. The highest BCUT2D eigenvalue weighted by atomic mass is 16.5. The fraction of sp³-hybridized carbons (Fsp3) is 0.467. The highest BCUT2D eigenvalue weighted by molar-refractivity contribution is 5.79. The number of aliphatic hydroxyl groups excluding tert-OH is 1. The predicted octanol–water partition coefficient (Wildman–Crippen LogP) is 1.99. The maximum Gasteiger partial charge on any atom is 0.420 e. The maximum atomic E-state index is 12.2. The molecule has 0 saturated carbocycles. The van der Waals surface area contributed by atoms with Crippen molar-refractivity contribution in [1.82, 2.24) is 4.57 Å². The number of hydrogen-bond acceptors (Lipinski definition) is 5. The molecule has 1 atom stereocenters. The summed E-state index contributed by atoms with van der Waals surface area (Å²) >= 11 is 0. The van der Waals surface area contributed by atoms with Gasteiger partial charge in [0, 0.05) is 0 Å². The summed E-state index contributed by atoms with van der Waals surface area (Å²) in [6, 6.07) is 4.18. The van der Waals surface area contributed by atoms with Crippen LogP contribution in [0.5, 0.6) is 0 Å². The third kappa shape index (κ3) is 3.00. The summed E-state index contributed by atoms with van der Waals surface area (Å²) in [5.41, 5.74) is 1.51. The topological polar surface area (TPSA) is 81.7 Å². The van der Waals surface area contributed by atoms with E-state index in [1.54, 1.807) is 39.0 Å². The van der Waals surface area contributed by atoms with Crippen LogP contribution in [0.3, 0.4) is 0 Å². The van der Waals surface area contributed by atoms with Gasteiger partial charge in [0.1, 0.15) is 6.04 Å². The minimum Gasteiger partial charge on any atom is -0.461 e. The summed E-state index contributed by atoms with van der Waals surface area (Å²) < 4.78 is 11.6. The van der Waals surface area contributed by atoms with Crippen molar-refractivity contribution in [2.45, 2.75) is 45.9 Å². The Balaban J connectivity index is 2.54. The lowest BCUT2D eigenvalue weighted by Gasteiger charge is -2.17. The van der Waals surface area contributed by atoms with E-state index in [1.807, 2.05) is 0 Å². The Bertz CT molecular complexity index is 698. The van der Waals surface area contributed by atoms with Crippen LogP contribution < -0.4 is 5.76 Å². The first-order valence-electron chi connectivity index (χ1n) is 6.93. The van der Waals surface area contributed by atoms with E-state index in [2.05, 4.69) is 0 Å². The van der Waals surface area contributed by atoms with Crippen molar-refractivity contribution in [2.75, 3.05) is 0 Å². The smallest absolute Gasteiger partial charge is 0.420 e. The molecule has 1 aromatic heterocycles. The standard InChI is InChI=1S/C15H19NO5/c1-4-11(14(18)20-9(2)3)16-12-7-10(8-17)5-6-13(12)21-15(16)19/h5-7,9,11,17H,4,8H2,1-3H3. The van der Waals surface area contributed by atoms with Crippen LogP contribution in [-0.2, 0) is 16.1 Å². The van der Waals surface area contributed by atoms with Gasteiger partial charge in [0.2, 0.25) is 0 Å². The molecule has 1 unspecified atom stereocenters. The third-order valence-corrected chi connectivity index (χ3v) is 3.18. The maximum absolute atomic E-state index is 12.2. The van der Waals surface area contributed by atoms with E-state index < -0.39 is 17.8 Å². The molecule has 0 spiro atoms. The first kappa shape index (κ1) is 15.3. The molecular formula is C15H19NO5. The summed E-state index contributed by atoms with van der Waals surface area (Å²) in [6.07, 6.45) is 0.150. The second kappa shape index (κ2) is 6.13. The van der Waals surface area contributed by atoms with E-state index >= 15 is 0 Å². The SMILES string of the molecule is CCC(C(=O)OC(C)C)n1c(=O)oc2ccc(CO)cc21. The van der Waals surface area contributed by atoms with Gasteiger partial charge in [-0.15, -0.1) is 0 Å². The zero-order valence-corrected chi connectivity index (χ0v) is 12.3. The lowest BCUT2D eigenvalue weighted by atomic mass is 10.2. The molecule has 6 nitrogen and oxygen atoms in total. The highest BCUT2D eigenvalue weighted by Crippen LogP contribution is 2.22. The normalized spacial score (nSPS) is 12.8. The predicted molar refractivity (Wildman–Crippen MR) is 77.0 cm³/mol. The largest absolute Gasteiger partial charge is 0.461 e. The van der Waals surface area contributed by atoms with Crippen LogP contribution >= 0.6 is 0 Å². The quantitative estimate of drug-likeness (QED) is 0.853. The van der Waals surface area contributed by atoms with Crippen molar-refractivity contribution in [3.05, 3.63) is 34.3 Å². The summed E-state index contributed by atoms with van der Waals surface area (Å²) in [6.45, 7) is 5.16. The van der Waals surface area contributed by atoms with Gasteiger partial charge < -0.3 is 14.3 Å². The van der Waals surface area contributed by atoms with Gasteiger partial charge in [0.15, 0.2) is 5.58 Å². The van der Waals surface area contributed by atoms with E-state index in [9.17, 15) is 14.7 Å². The van der Waals surface area contributed by atoms with Gasteiger partial charge in [-0.25, -0.2) is 9.59 Å². The molecule has 1 aromatic carbocycles. The van der Waals surface area contributed by atoms with Crippen LogP contribution in [0.4, 0.5) is 0 Å². The third-order valence-electron chi connectivity index (χ3n) is 3.18. The second-order valence-corrected chi connectivity index (χ2v) is 5.11. The molecule has 0 saturated heterocycles. The van der Waals surface area contributed by atoms with Gasteiger partial charge in [-0.05, 0) is 38.0 Å². The Morgan fingerprint density at radius 1 is 1.43 bits per heavy atom. The van der Waals surface area contributed by atoms with Crippen molar-refractivity contribution < 1.29 is 19.1 Å². The van der Waals surface area contributed by atoms with Crippen LogP contribution in [0.15, 0.2) is 27.4 Å². The number of aromatic nitrogens is 1. The second-order valence-electron chi connectivity index (χ2n) is 5.11. The zero-order chi connectivity index (χ0) is 15.6. The summed E-state index contributed by atoms with van der Waals surface area (Å²) in [7, 11) is 0. The Morgan fingerprint density at radius 2 is 2.14 bits per heavy atom. The average Bonchev–Trinajstić information content (AvgIpc) is 2.75. The fourth-order valence-corrected chi connectivity index (χ4v) is 2.24. The van der Waals surface area contributed by atoms with Crippen molar-refractivity contribution in [2.24, 2.45) is 0 Å². The minimum absolute atomic E-state index is 0.150. The van der Waals surface area contributed by atoms with Crippen LogP contribution in [0.25, 0.3) is 11.1 Å². The molecule has 2 rings (SSSR count). The number of benzene rings is 1. The van der Waals surface area contributed by atoms with E-state index in [4.69, 9.17) is 9.15 Å². The number of ether oxygens (including phenoxy) is 1. The van der Waals surface area contributed by atoms with Crippen molar-refractivity contribution in [1.29, 1.82) is 0 Å². The van der Waals surface area contributed by atoms with Crippen LogP contribution in [0.1, 0.15) is 38.8 Å². The molecule has 21 heavy (non-hydrogen) atoms. The minimum atomic E-state index is -0.741. The Labute approximate surface area is 121 Å². The zero-order valence-electron chi connectivity index (χ0n) is 12.3. The molecule has 1 heterocycles. The molecule has 0 radical (unpaired) electrons. The number of hydrogen-bond donors (Lipinski definition) is 1. The van der Waals surface area contributed by atoms with E-state index in [1.165, 1.54) is 4.57 Å². The molecule has 1 N–H and O–H groups in total. The number of esters is 1. The number of carbonyl (C=O) groups is 1. The summed E-state index contributed by atoms with van der Waals surface area (Å²) in [5, 5.41) is 9.21. The van der Waals surface area contributed by atoms with Gasteiger partial charge in [-0.1, -0.05) is 13.0 Å². The van der Waals surface area contributed by atoms with Gasteiger partial charge in [0.05, 0.1) is 18.2 Å². The Morgan fingerprint density at radius 3 is 2.71 bits per heavy atom. The van der Waals surface area contributed by atoms with Crippen molar-refractivity contribution in [3.63, 3.8) is 0 Å². The summed E-state index contributed by atoms with van der Waals surface area (Å²) in [4.78, 5) is 24.2. The number of aliphatic hydroxyl groups is 1. The number of oxazole rings is 1. The molecule has 2 aromatic rings. The lowest BCUT2D eigenvalue weighted by molar-refractivity contribution is -0.151. The molecule has 0 bridgehead atoms. The Hall–Kier alpha value is -2.08. The van der Waals surface area contributed by atoms with Crippen LogP contribution in [0.2, 0.25) is 0 Å². The molecule has 0 amide bonds. The van der Waals surface area contributed by atoms with Gasteiger partial charge in [-0.2, -0.15) is 0 Å². The molecule has 0 aliphatic carbocycles. The lowest BCUT2D eigenvalue weighted by Crippen LogP contribution is -2.29. The van der Waals surface area contributed by atoms with Crippen LogP contribution in [0, 0.1) is 0 Å². The first-order valence-corrected chi connectivity index (χ1v) is 6.93. The number of carbonyl (C=O) groups excluding carboxylic acids is 1. The molecule has 6 heteroatoms. The number of nitrogens with zero attached hydrogens (tertiary/aromatic N) is 1. The fourth-order valence-electron chi connectivity index (χ4n) is 2.24. The number of rotatable bonds is 5. The van der Waals surface area contributed by atoms with Crippen molar-refractivity contribution in [3.8, 4) is 0 Å².